The lowest BCUT2D eigenvalue weighted by atomic mass is 9.76. The second-order valence-electron chi connectivity index (χ2n) is 4.72. The van der Waals surface area contributed by atoms with Gasteiger partial charge in [-0.3, -0.25) is 4.98 Å². The van der Waals surface area contributed by atoms with E-state index in [0.29, 0.717) is 5.02 Å². The second-order valence-corrected chi connectivity index (χ2v) is 5.15. The standard InChI is InChI=1S/C13H19ClN2O/c1-2-11(12-4-3-10(14)9-16-12)13(17)5-7-15-8-6-13/h3-4,9,11,15,17H,2,5-8H2,1H3/t11-/m0/s1. The van der Waals surface area contributed by atoms with Crippen molar-refractivity contribution in [1.29, 1.82) is 0 Å². The summed E-state index contributed by atoms with van der Waals surface area (Å²) in [6, 6.07) is 3.77. The van der Waals surface area contributed by atoms with Crippen LogP contribution in [0.1, 0.15) is 37.8 Å². The van der Waals surface area contributed by atoms with Crippen LogP contribution in [0.4, 0.5) is 0 Å². The molecule has 0 saturated carbocycles. The first-order valence-corrected chi connectivity index (χ1v) is 6.58. The zero-order valence-electron chi connectivity index (χ0n) is 10.1. The van der Waals surface area contributed by atoms with Gasteiger partial charge < -0.3 is 10.4 Å². The highest BCUT2D eigenvalue weighted by Crippen LogP contribution is 2.36. The minimum Gasteiger partial charge on any atom is -0.389 e. The van der Waals surface area contributed by atoms with Gasteiger partial charge in [0.1, 0.15) is 0 Å². The molecule has 1 saturated heterocycles. The summed E-state index contributed by atoms with van der Waals surface area (Å²) in [4.78, 5) is 4.36. The maximum absolute atomic E-state index is 10.7. The fraction of sp³-hybridized carbons (Fsp3) is 0.615. The van der Waals surface area contributed by atoms with Crippen molar-refractivity contribution in [1.82, 2.24) is 10.3 Å². The first-order valence-electron chi connectivity index (χ1n) is 6.20. The van der Waals surface area contributed by atoms with Gasteiger partial charge in [-0.2, -0.15) is 0 Å². The molecule has 1 atom stereocenters. The van der Waals surface area contributed by atoms with Crippen LogP contribution in [0.15, 0.2) is 18.3 Å². The van der Waals surface area contributed by atoms with Crippen molar-refractivity contribution in [3.05, 3.63) is 29.0 Å². The Morgan fingerprint density at radius 2 is 2.18 bits per heavy atom. The maximum atomic E-state index is 10.7. The average molecular weight is 255 g/mol. The van der Waals surface area contributed by atoms with E-state index in [1.54, 1.807) is 6.20 Å². The van der Waals surface area contributed by atoms with E-state index >= 15 is 0 Å². The monoisotopic (exact) mass is 254 g/mol. The molecule has 4 heteroatoms. The van der Waals surface area contributed by atoms with Gasteiger partial charge in [-0.05, 0) is 44.5 Å². The number of aliphatic hydroxyl groups is 1. The van der Waals surface area contributed by atoms with E-state index in [1.165, 1.54) is 0 Å². The number of nitrogens with zero attached hydrogens (tertiary/aromatic N) is 1. The molecule has 1 aliphatic rings. The van der Waals surface area contributed by atoms with E-state index in [-0.39, 0.29) is 5.92 Å². The summed E-state index contributed by atoms with van der Waals surface area (Å²) in [5, 5.41) is 14.7. The van der Waals surface area contributed by atoms with Gasteiger partial charge in [-0.1, -0.05) is 18.5 Å². The van der Waals surface area contributed by atoms with Crippen LogP contribution >= 0.6 is 11.6 Å². The molecule has 1 aliphatic heterocycles. The molecule has 0 bridgehead atoms. The SMILES string of the molecule is CC[C@@H](c1ccc(Cl)cn1)C1(O)CCNCC1. The molecule has 1 fully saturated rings. The number of pyridine rings is 1. The molecule has 3 nitrogen and oxygen atoms in total. The minimum absolute atomic E-state index is 0.0990. The first-order chi connectivity index (χ1) is 8.15. The van der Waals surface area contributed by atoms with Crippen LogP contribution in [0.5, 0.6) is 0 Å². The average Bonchev–Trinajstić information content (AvgIpc) is 2.33. The highest BCUT2D eigenvalue weighted by Gasteiger charge is 2.38. The smallest absolute Gasteiger partial charge is 0.0755 e. The third-order valence-electron chi connectivity index (χ3n) is 3.63. The summed E-state index contributed by atoms with van der Waals surface area (Å²) >= 11 is 5.85. The fourth-order valence-electron chi connectivity index (χ4n) is 2.67. The Labute approximate surface area is 107 Å². The zero-order chi connectivity index (χ0) is 12.3. The van der Waals surface area contributed by atoms with Gasteiger partial charge in [0.05, 0.1) is 10.6 Å². The predicted molar refractivity (Wildman–Crippen MR) is 69.3 cm³/mol. The van der Waals surface area contributed by atoms with E-state index in [1.807, 2.05) is 12.1 Å². The largest absolute Gasteiger partial charge is 0.389 e. The van der Waals surface area contributed by atoms with Crippen LogP contribution in [-0.2, 0) is 0 Å². The predicted octanol–water partition coefficient (Wildman–Crippen LogP) is 2.34. The van der Waals surface area contributed by atoms with Crippen molar-refractivity contribution >= 4 is 11.6 Å². The van der Waals surface area contributed by atoms with E-state index in [0.717, 1.165) is 38.0 Å². The Balaban J connectivity index is 2.22. The molecule has 1 aromatic rings. The Hall–Kier alpha value is -0.640. The molecule has 1 aromatic heterocycles. The highest BCUT2D eigenvalue weighted by atomic mass is 35.5. The molecule has 94 valence electrons. The second kappa shape index (κ2) is 5.34. The lowest BCUT2D eigenvalue weighted by molar-refractivity contribution is -0.0181. The van der Waals surface area contributed by atoms with E-state index in [2.05, 4.69) is 17.2 Å². The fourth-order valence-corrected chi connectivity index (χ4v) is 2.78. The van der Waals surface area contributed by atoms with Crippen LogP contribution in [0, 0.1) is 0 Å². The molecule has 2 N–H and O–H groups in total. The highest BCUT2D eigenvalue weighted by molar-refractivity contribution is 6.30. The lowest BCUT2D eigenvalue weighted by Gasteiger charge is -2.39. The van der Waals surface area contributed by atoms with E-state index < -0.39 is 5.60 Å². The quantitative estimate of drug-likeness (QED) is 0.870. The molecule has 0 spiro atoms. The number of hydrogen-bond donors (Lipinski definition) is 2. The lowest BCUT2D eigenvalue weighted by Crippen LogP contribution is -2.46. The Bertz CT molecular complexity index is 360. The molecule has 0 aromatic carbocycles. The van der Waals surface area contributed by atoms with Crippen molar-refractivity contribution in [2.75, 3.05) is 13.1 Å². The van der Waals surface area contributed by atoms with Gasteiger partial charge in [0.2, 0.25) is 0 Å². The Kier molecular flexibility index (Phi) is 4.02. The van der Waals surface area contributed by atoms with Crippen LogP contribution in [0.2, 0.25) is 5.02 Å². The van der Waals surface area contributed by atoms with Crippen molar-refractivity contribution in [2.45, 2.75) is 37.7 Å². The van der Waals surface area contributed by atoms with Gasteiger partial charge in [-0.25, -0.2) is 0 Å². The van der Waals surface area contributed by atoms with Gasteiger partial charge in [0, 0.05) is 17.8 Å². The molecule has 0 amide bonds. The Morgan fingerprint density at radius 1 is 1.47 bits per heavy atom. The van der Waals surface area contributed by atoms with E-state index in [4.69, 9.17) is 11.6 Å². The first kappa shape index (κ1) is 12.8. The van der Waals surface area contributed by atoms with Crippen LogP contribution in [0.25, 0.3) is 0 Å². The summed E-state index contributed by atoms with van der Waals surface area (Å²) in [5.41, 5.74) is 0.321. The minimum atomic E-state index is -0.624. The van der Waals surface area contributed by atoms with Gasteiger partial charge >= 0.3 is 0 Å². The summed E-state index contributed by atoms with van der Waals surface area (Å²) in [5.74, 6) is 0.0990. The molecular formula is C13H19ClN2O. The van der Waals surface area contributed by atoms with Crippen molar-refractivity contribution in [3.63, 3.8) is 0 Å². The third kappa shape index (κ3) is 2.79. The number of halogens is 1. The van der Waals surface area contributed by atoms with E-state index in [9.17, 15) is 5.11 Å². The normalized spacial score (nSPS) is 21.1. The van der Waals surface area contributed by atoms with Crippen molar-refractivity contribution < 1.29 is 5.11 Å². The number of hydrogen-bond acceptors (Lipinski definition) is 3. The van der Waals surface area contributed by atoms with Crippen LogP contribution in [0.3, 0.4) is 0 Å². The molecule has 0 unspecified atom stereocenters. The van der Waals surface area contributed by atoms with Gasteiger partial charge in [-0.15, -0.1) is 0 Å². The molecule has 0 radical (unpaired) electrons. The summed E-state index contributed by atoms with van der Waals surface area (Å²) in [6.07, 6.45) is 4.13. The topological polar surface area (TPSA) is 45.2 Å². The zero-order valence-corrected chi connectivity index (χ0v) is 10.9. The number of rotatable bonds is 3. The number of piperidine rings is 1. The molecule has 2 rings (SSSR count). The van der Waals surface area contributed by atoms with Crippen molar-refractivity contribution in [3.8, 4) is 0 Å². The van der Waals surface area contributed by atoms with Crippen LogP contribution < -0.4 is 5.32 Å². The number of aromatic nitrogens is 1. The number of nitrogens with one attached hydrogen (secondary N) is 1. The summed E-state index contributed by atoms with van der Waals surface area (Å²) in [6.45, 7) is 3.85. The molecule has 0 aliphatic carbocycles. The van der Waals surface area contributed by atoms with Crippen LogP contribution in [-0.4, -0.2) is 28.8 Å². The van der Waals surface area contributed by atoms with Gasteiger partial charge in [0.15, 0.2) is 0 Å². The van der Waals surface area contributed by atoms with Crippen molar-refractivity contribution in [2.24, 2.45) is 0 Å². The summed E-state index contributed by atoms with van der Waals surface area (Å²) < 4.78 is 0. The molecule has 2 heterocycles. The molecule has 17 heavy (non-hydrogen) atoms. The van der Waals surface area contributed by atoms with Gasteiger partial charge in [0.25, 0.3) is 0 Å². The molecular weight excluding hydrogens is 236 g/mol. The summed E-state index contributed by atoms with van der Waals surface area (Å²) in [7, 11) is 0. The third-order valence-corrected chi connectivity index (χ3v) is 3.86. The maximum Gasteiger partial charge on any atom is 0.0755 e. The Morgan fingerprint density at radius 3 is 2.71 bits per heavy atom.